The van der Waals surface area contributed by atoms with Gasteiger partial charge in [-0.1, -0.05) is 29.4 Å². The molecule has 0 radical (unpaired) electrons. The number of carbonyl (C=O) groups is 1. The third-order valence-corrected chi connectivity index (χ3v) is 2.37. The molecule has 0 fully saturated rings. The minimum atomic E-state index is -1.25. The summed E-state index contributed by atoms with van der Waals surface area (Å²) in [5.41, 5.74) is 1.01. The maximum Gasteiger partial charge on any atom is 0.354 e. The summed E-state index contributed by atoms with van der Waals surface area (Å²) in [6.45, 7) is 0. The van der Waals surface area contributed by atoms with Crippen molar-refractivity contribution in [1.29, 1.82) is 0 Å². The number of carboxylic acid groups (broad SMARTS) is 1. The number of carboxylic acids is 1. The highest BCUT2D eigenvalue weighted by atomic mass is 16.4. The second-order valence-corrected chi connectivity index (χ2v) is 3.52. The number of para-hydroxylation sites is 1. The number of nitrogens with zero attached hydrogens (tertiary/aromatic N) is 2. The van der Waals surface area contributed by atoms with Gasteiger partial charge in [0.2, 0.25) is 0 Å². The molecule has 0 bridgehead atoms. The fraction of sp³-hybridized carbons (Fsp3) is 0.0833. The first kappa shape index (κ1) is 11.1. The van der Waals surface area contributed by atoms with Gasteiger partial charge in [-0.3, -0.25) is 4.98 Å². The second-order valence-electron chi connectivity index (χ2n) is 3.52. The molecule has 5 nitrogen and oxygen atoms in total. The molecule has 0 aliphatic rings. The zero-order valence-corrected chi connectivity index (χ0v) is 8.87. The number of fused-ring (bicyclic) bond motifs is 1. The number of rotatable bonds is 3. The van der Waals surface area contributed by atoms with Crippen LogP contribution in [0.2, 0.25) is 0 Å². The van der Waals surface area contributed by atoms with E-state index in [0.29, 0.717) is 5.69 Å². The number of oxime groups is 1. The Morgan fingerprint density at radius 1 is 1.24 bits per heavy atom. The molecule has 1 aromatic carbocycles. The summed E-state index contributed by atoms with van der Waals surface area (Å²) < 4.78 is 0. The Kier molecular flexibility index (Phi) is 3.00. The van der Waals surface area contributed by atoms with Gasteiger partial charge in [0.1, 0.15) is 0 Å². The van der Waals surface area contributed by atoms with Crippen molar-refractivity contribution in [2.75, 3.05) is 0 Å². The molecule has 0 amide bonds. The summed E-state index contributed by atoms with van der Waals surface area (Å²) in [5, 5.41) is 21.0. The van der Waals surface area contributed by atoms with Crippen LogP contribution in [0.25, 0.3) is 10.9 Å². The van der Waals surface area contributed by atoms with E-state index in [2.05, 4.69) is 10.1 Å². The molecule has 1 heterocycles. The molecule has 0 atom stereocenters. The first-order chi connectivity index (χ1) is 8.20. The van der Waals surface area contributed by atoms with Crippen molar-refractivity contribution in [2.45, 2.75) is 6.42 Å². The van der Waals surface area contributed by atoms with Crippen LogP contribution in [0.5, 0.6) is 0 Å². The first-order valence-corrected chi connectivity index (χ1v) is 4.99. The number of hydrogen-bond donors (Lipinski definition) is 2. The maximum atomic E-state index is 10.7. The molecule has 2 N–H and O–H groups in total. The van der Waals surface area contributed by atoms with Gasteiger partial charge in [0, 0.05) is 17.5 Å². The van der Waals surface area contributed by atoms with Crippen molar-refractivity contribution < 1.29 is 15.1 Å². The Morgan fingerprint density at radius 3 is 2.71 bits per heavy atom. The Labute approximate surface area is 97.0 Å². The molecular formula is C12H10N2O3. The van der Waals surface area contributed by atoms with Crippen molar-refractivity contribution >= 4 is 22.6 Å². The molecule has 0 spiro atoms. The van der Waals surface area contributed by atoms with Crippen LogP contribution in [0.1, 0.15) is 5.69 Å². The minimum Gasteiger partial charge on any atom is -0.477 e. The van der Waals surface area contributed by atoms with E-state index in [0.717, 1.165) is 10.9 Å². The van der Waals surface area contributed by atoms with Crippen molar-refractivity contribution in [3.63, 3.8) is 0 Å². The predicted molar refractivity (Wildman–Crippen MR) is 62.3 cm³/mol. The number of pyridine rings is 1. The van der Waals surface area contributed by atoms with Crippen LogP contribution in [0, 0.1) is 0 Å². The fourth-order valence-electron chi connectivity index (χ4n) is 1.53. The Balaban J connectivity index is 2.34. The van der Waals surface area contributed by atoms with Gasteiger partial charge in [-0.25, -0.2) is 4.79 Å². The van der Waals surface area contributed by atoms with E-state index in [1.807, 2.05) is 30.3 Å². The van der Waals surface area contributed by atoms with E-state index in [-0.39, 0.29) is 12.1 Å². The van der Waals surface area contributed by atoms with Gasteiger partial charge < -0.3 is 10.3 Å². The average Bonchev–Trinajstić information content (AvgIpc) is 2.35. The van der Waals surface area contributed by atoms with Gasteiger partial charge in [0.25, 0.3) is 0 Å². The summed E-state index contributed by atoms with van der Waals surface area (Å²) in [6, 6.07) is 11.1. The van der Waals surface area contributed by atoms with E-state index >= 15 is 0 Å². The van der Waals surface area contributed by atoms with Crippen molar-refractivity contribution in [1.82, 2.24) is 4.98 Å². The van der Waals surface area contributed by atoms with Gasteiger partial charge in [-0.05, 0) is 12.1 Å². The molecule has 2 aromatic rings. The Morgan fingerprint density at radius 2 is 2.00 bits per heavy atom. The molecule has 0 aliphatic carbocycles. The second kappa shape index (κ2) is 4.61. The summed E-state index contributed by atoms with van der Waals surface area (Å²) in [6.07, 6.45) is -0.00331. The van der Waals surface area contributed by atoms with Crippen LogP contribution >= 0.6 is 0 Å². The SMILES string of the molecule is O=C(O)C(Cc1ccc2ccccc2n1)=NO. The largest absolute Gasteiger partial charge is 0.477 e. The van der Waals surface area contributed by atoms with Gasteiger partial charge in [-0.15, -0.1) is 0 Å². The third-order valence-electron chi connectivity index (χ3n) is 2.37. The van der Waals surface area contributed by atoms with Crippen LogP contribution in [0.3, 0.4) is 0 Å². The molecule has 0 unspecified atom stereocenters. The lowest BCUT2D eigenvalue weighted by atomic mass is 10.1. The Hall–Kier alpha value is -2.43. The summed E-state index contributed by atoms with van der Waals surface area (Å²) >= 11 is 0. The lowest BCUT2D eigenvalue weighted by molar-refractivity contribution is -0.129. The van der Waals surface area contributed by atoms with Gasteiger partial charge >= 0.3 is 5.97 Å². The summed E-state index contributed by atoms with van der Waals surface area (Å²) in [7, 11) is 0. The van der Waals surface area contributed by atoms with Crippen LogP contribution in [-0.4, -0.2) is 27.0 Å². The topological polar surface area (TPSA) is 82.8 Å². The smallest absolute Gasteiger partial charge is 0.354 e. The highest BCUT2D eigenvalue weighted by Gasteiger charge is 2.12. The monoisotopic (exact) mass is 230 g/mol. The van der Waals surface area contributed by atoms with Crippen molar-refractivity contribution in [2.24, 2.45) is 5.16 Å². The van der Waals surface area contributed by atoms with Gasteiger partial charge in [0.05, 0.1) is 5.52 Å². The van der Waals surface area contributed by atoms with Crippen LogP contribution in [0.15, 0.2) is 41.6 Å². The highest BCUT2D eigenvalue weighted by Crippen LogP contribution is 2.12. The summed E-state index contributed by atoms with van der Waals surface area (Å²) in [5.74, 6) is -1.25. The summed E-state index contributed by atoms with van der Waals surface area (Å²) in [4.78, 5) is 15.0. The van der Waals surface area contributed by atoms with E-state index in [1.54, 1.807) is 6.07 Å². The Bertz CT molecular complexity index is 593. The van der Waals surface area contributed by atoms with E-state index in [4.69, 9.17) is 10.3 Å². The minimum absolute atomic E-state index is 0.00331. The molecule has 0 aliphatic heterocycles. The fourth-order valence-corrected chi connectivity index (χ4v) is 1.53. The average molecular weight is 230 g/mol. The number of aliphatic carboxylic acids is 1. The molecule has 0 saturated carbocycles. The van der Waals surface area contributed by atoms with Crippen molar-refractivity contribution in [3.8, 4) is 0 Å². The van der Waals surface area contributed by atoms with Gasteiger partial charge in [-0.2, -0.15) is 0 Å². The third kappa shape index (κ3) is 2.39. The number of aromatic nitrogens is 1. The zero-order valence-electron chi connectivity index (χ0n) is 8.87. The molecule has 2 rings (SSSR count). The molecular weight excluding hydrogens is 220 g/mol. The van der Waals surface area contributed by atoms with Crippen LogP contribution in [0.4, 0.5) is 0 Å². The normalized spacial score (nSPS) is 11.6. The van der Waals surface area contributed by atoms with E-state index in [1.165, 1.54) is 0 Å². The van der Waals surface area contributed by atoms with Crippen LogP contribution in [-0.2, 0) is 11.2 Å². The van der Waals surface area contributed by atoms with Crippen molar-refractivity contribution in [3.05, 3.63) is 42.1 Å². The number of hydrogen-bond acceptors (Lipinski definition) is 4. The molecule has 5 heteroatoms. The lowest BCUT2D eigenvalue weighted by Gasteiger charge is -2.02. The maximum absolute atomic E-state index is 10.7. The lowest BCUT2D eigenvalue weighted by Crippen LogP contribution is -2.16. The van der Waals surface area contributed by atoms with E-state index < -0.39 is 5.97 Å². The number of benzene rings is 1. The van der Waals surface area contributed by atoms with Gasteiger partial charge in [0.15, 0.2) is 5.71 Å². The zero-order chi connectivity index (χ0) is 12.3. The molecule has 1 aromatic heterocycles. The molecule has 0 saturated heterocycles. The highest BCUT2D eigenvalue weighted by molar-refractivity contribution is 6.35. The standard InChI is InChI=1S/C12H10N2O3/c15-12(16)11(14-17)7-9-6-5-8-3-1-2-4-10(8)13-9/h1-6,17H,7H2,(H,15,16). The first-order valence-electron chi connectivity index (χ1n) is 4.99. The van der Waals surface area contributed by atoms with E-state index in [9.17, 15) is 4.79 Å². The predicted octanol–water partition coefficient (Wildman–Crippen LogP) is 1.69. The quantitative estimate of drug-likeness (QED) is 0.477. The molecule has 86 valence electrons. The van der Waals surface area contributed by atoms with Crippen LogP contribution < -0.4 is 0 Å². The molecule has 17 heavy (non-hydrogen) atoms.